The molecule has 130 valence electrons. The first-order chi connectivity index (χ1) is 12.6. The van der Waals surface area contributed by atoms with Gasteiger partial charge in [0.15, 0.2) is 5.82 Å². The van der Waals surface area contributed by atoms with E-state index < -0.39 is 0 Å². The van der Waals surface area contributed by atoms with Crippen molar-refractivity contribution in [2.75, 3.05) is 5.43 Å². The zero-order valence-corrected chi connectivity index (χ0v) is 16.0. The largest absolute Gasteiger partial charge is 0.337 e. The fourth-order valence-electron chi connectivity index (χ4n) is 2.42. The molecule has 0 atom stereocenters. The molecule has 0 radical (unpaired) electrons. The van der Waals surface area contributed by atoms with Gasteiger partial charge < -0.3 is 4.98 Å². The van der Waals surface area contributed by atoms with Gasteiger partial charge in [-0.05, 0) is 37.3 Å². The molecule has 8 heteroatoms. The van der Waals surface area contributed by atoms with Crippen LogP contribution in [0.15, 0.2) is 52.9 Å². The van der Waals surface area contributed by atoms with Crippen molar-refractivity contribution in [2.24, 2.45) is 5.10 Å². The Hall–Kier alpha value is -2.41. The maximum atomic E-state index is 6.01. The summed E-state index contributed by atoms with van der Waals surface area (Å²) in [4.78, 5) is 12.3. The standard InChI is InChI=1S/C18H13Cl2N5S/c1-10(17-21-14-7-6-13(20)8-15(14)22-17)24-25-18-23-16(9-26-18)11-2-4-12(19)5-3-11/h2-9H,1H3,(H,21,22)(H,23,25)/b24-10+. The van der Waals surface area contributed by atoms with Crippen molar-refractivity contribution in [1.29, 1.82) is 0 Å². The van der Waals surface area contributed by atoms with Gasteiger partial charge in [-0.25, -0.2) is 9.97 Å². The number of nitrogens with zero attached hydrogens (tertiary/aromatic N) is 3. The molecule has 0 fully saturated rings. The number of aromatic nitrogens is 3. The third-order valence-electron chi connectivity index (χ3n) is 3.75. The predicted molar refractivity (Wildman–Crippen MR) is 109 cm³/mol. The summed E-state index contributed by atoms with van der Waals surface area (Å²) >= 11 is 13.4. The maximum absolute atomic E-state index is 6.01. The molecule has 2 aromatic heterocycles. The number of aromatic amines is 1. The third kappa shape index (κ3) is 3.58. The summed E-state index contributed by atoms with van der Waals surface area (Å²) in [7, 11) is 0. The van der Waals surface area contributed by atoms with E-state index in [-0.39, 0.29) is 0 Å². The lowest BCUT2D eigenvalue weighted by atomic mass is 10.2. The zero-order chi connectivity index (χ0) is 18.1. The third-order valence-corrected chi connectivity index (χ3v) is 4.98. The van der Waals surface area contributed by atoms with E-state index in [0.717, 1.165) is 28.0 Å². The number of fused-ring (bicyclic) bond motifs is 1. The van der Waals surface area contributed by atoms with Crippen LogP contribution in [-0.4, -0.2) is 20.7 Å². The Kier molecular flexibility index (Phi) is 4.63. The smallest absolute Gasteiger partial charge is 0.203 e. The van der Waals surface area contributed by atoms with Crippen molar-refractivity contribution < 1.29 is 0 Å². The predicted octanol–water partition coefficient (Wildman–Crippen LogP) is 5.83. The molecule has 2 N–H and O–H groups in total. The Bertz CT molecular complexity index is 1100. The lowest BCUT2D eigenvalue weighted by Gasteiger charge is -1.98. The highest BCUT2D eigenvalue weighted by Crippen LogP contribution is 2.26. The summed E-state index contributed by atoms with van der Waals surface area (Å²) in [5.41, 5.74) is 7.31. The number of hydrogen-bond acceptors (Lipinski definition) is 5. The van der Waals surface area contributed by atoms with Crippen molar-refractivity contribution in [3.05, 3.63) is 63.7 Å². The Morgan fingerprint density at radius 3 is 2.65 bits per heavy atom. The fourth-order valence-corrected chi connectivity index (χ4v) is 3.38. The van der Waals surface area contributed by atoms with Gasteiger partial charge in [0.2, 0.25) is 5.13 Å². The first-order valence-electron chi connectivity index (χ1n) is 7.76. The first kappa shape index (κ1) is 17.0. The molecule has 0 unspecified atom stereocenters. The van der Waals surface area contributed by atoms with E-state index in [9.17, 15) is 0 Å². The van der Waals surface area contributed by atoms with Crippen LogP contribution in [0.4, 0.5) is 5.13 Å². The minimum absolute atomic E-state index is 0.665. The Balaban J connectivity index is 1.52. The SMILES string of the molecule is C/C(=N\Nc1nc(-c2ccc(Cl)cc2)cs1)c1nc2ccc(Cl)cc2[nH]1. The zero-order valence-electron chi connectivity index (χ0n) is 13.6. The first-order valence-corrected chi connectivity index (χ1v) is 9.39. The van der Waals surface area contributed by atoms with Crippen LogP contribution < -0.4 is 5.43 Å². The highest BCUT2D eigenvalue weighted by molar-refractivity contribution is 7.14. The summed E-state index contributed by atoms with van der Waals surface area (Å²) < 4.78 is 0. The summed E-state index contributed by atoms with van der Waals surface area (Å²) in [5.74, 6) is 0.684. The number of anilines is 1. The summed E-state index contributed by atoms with van der Waals surface area (Å²) in [6.07, 6.45) is 0. The summed E-state index contributed by atoms with van der Waals surface area (Å²) in [6.45, 7) is 1.88. The second kappa shape index (κ2) is 7.07. The summed E-state index contributed by atoms with van der Waals surface area (Å²) in [6, 6.07) is 13.1. The van der Waals surface area contributed by atoms with Crippen LogP contribution in [-0.2, 0) is 0 Å². The number of hydrogen-bond donors (Lipinski definition) is 2. The van der Waals surface area contributed by atoms with Gasteiger partial charge in [-0.1, -0.05) is 35.3 Å². The van der Waals surface area contributed by atoms with E-state index in [1.54, 1.807) is 0 Å². The van der Waals surface area contributed by atoms with Gasteiger partial charge in [-0.2, -0.15) is 5.10 Å². The number of hydrazone groups is 1. The molecule has 0 aliphatic carbocycles. The van der Waals surface area contributed by atoms with Crippen LogP contribution in [0.1, 0.15) is 12.7 Å². The molecule has 4 aromatic rings. The van der Waals surface area contributed by atoms with E-state index in [4.69, 9.17) is 23.2 Å². The average molecular weight is 402 g/mol. The van der Waals surface area contributed by atoms with Crippen LogP contribution in [0.5, 0.6) is 0 Å². The van der Waals surface area contributed by atoms with Gasteiger partial charge >= 0.3 is 0 Å². The number of H-pyrrole nitrogens is 1. The van der Waals surface area contributed by atoms with Crippen LogP contribution in [0, 0.1) is 0 Å². The Morgan fingerprint density at radius 1 is 1.08 bits per heavy atom. The minimum atomic E-state index is 0.665. The van der Waals surface area contributed by atoms with Crippen molar-refractivity contribution in [2.45, 2.75) is 6.92 Å². The minimum Gasteiger partial charge on any atom is -0.337 e. The second-order valence-corrected chi connectivity index (χ2v) is 7.33. The highest BCUT2D eigenvalue weighted by Gasteiger charge is 2.08. The molecule has 0 bridgehead atoms. The number of rotatable bonds is 4. The Labute approximate surface area is 163 Å². The maximum Gasteiger partial charge on any atom is 0.203 e. The van der Waals surface area contributed by atoms with Crippen LogP contribution >= 0.6 is 34.5 Å². The van der Waals surface area contributed by atoms with Crippen LogP contribution in [0.2, 0.25) is 10.0 Å². The van der Waals surface area contributed by atoms with E-state index in [2.05, 4.69) is 25.5 Å². The van der Waals surface area contributed by atoms with Crippen LogP contribution in [0.3, 0.4) is 0 Å². The van der Waals surface area contributed by atoms with E-state index >= 15 is 0 Å². The second-order valence-electron chi connectivity index (χ2n) is 5.60. The molecule has 4 rings (SSSR count). The Morgan fingerprint density at radius 2 is 1.85 bits per heavy atom. The van der Waals surface area contributed by atoms with Gasteiger partial charge in [0, 0.05) is 21.0 Å². The molecule has 0 amide bonds. The van der Waals surface area contributed by atoms with Gasteiger partial charge in [0.05, 0.1) is 16.7 Å². The number of halogens is 2. The summed E-state index contributed by atoms with van der Waals surface area (Å²) in [5, 5.41) is 8.41. The molecule has 0 spiro atoms. The number of imidazole rings is 1. The quantitative estimate of drug-likeness (QED) is 0.333. The number of thiazole rings is 1. The van der Waals surface area contributed by atoms with Gasteiger partial charge in [-0.15, -0.1) is 11.3 Å². The van der Waals surface area contributed by atoms with Crippen molar-refractivity contribution >= 4 is 56.4 Å². The highest BCUT2D eigenvalue weighted by atomic mass is 35.5. The molecule has 2 heterocycles. The molecule has 2 aromatic carbocycles. The molecule has 0 saturated heterocycles. The molecule has 26 heavy (non-hydrogen) atoms. The molecular weight excluding hydrogens is 389 g/mol. The lowest BCUT2D eigenvalue weighted by molar-refractivity contribution is 1.22. The lowest BCUT2D eigenvalue weighted by Crippen LogP contribution is -2.01. The van der Waals surface area contributed by atoms with E-state index in [1.165, 1.54) is 11.3 Å². The van der Waals surface area contributed by atoms with Crippen molar-refractivity contribution in [3.63, 3.8) is 0 Å². The molecule has 0 aliphatic rings. The van der Waals surface area contributed by atoms with E-state index in [1.807, 2.05) is 54.8 Å². The molecule has 5 nitrogen and oxygen atoms in total. The monoisotopic (exact) mass is 401 g/mol. The normalized spacial score (nSPS) is 11.9. The van der Waals surface area contributed by atoms with Gasteiger partial charge in [-0.3, -0.25) is 5.43 Å². The average Bonchev–Trinajstić information content (AvgIpc) is 3.27. The topological polar surface area (TPSA) is 66.0 Å². The fraction of sp³-hybridized carbons (Fsp3) is 0.0556. The number of benzene rings is 2. The number of nitrogens with one attached hydrogen (secondary N) is 2. The molecule has 0 aliphatic heterocycles. The van der Waals surface area contributed by atoms with Gasteiger partial charge in [0.25, 0.3) is 0 Å². The van der Waals surface area contributed by atoms with E-state index in [0.29, 0.717) is 21.0 Å². The van der Waals surface area contributed by atoms with Crippen molar-refractivity contribution in [3.8, 4) is 11.3 Å². The van der Waals surface area contributed by atoms with Gasteiger partial charge in [0.1, 0.15) is 5.71 Å². The molecule has 0 saturated carbocycles. The van der Waals surface area contributed by atoms with Crippen LogP contribution in [0.25, 0.3) is 22.3 Å². The van der Waals surface area contributed by atoms with Crippen molar-refractivity contribution in [1.82, 2.24) is 15.0 Å². The molecular formula is C18H13Cl2N5S.